The van der Waals surface area contributed by atoms with Gasteiger partial charge in [-0.25, -0.2) is 17.9 Å². The molecule has 0 saturated carbocycles. The van der Waals surface area contributed by atoms with Crippen LogP contribution in [0.4, 0.5) is 0 Å². The lowest BCUT2D eigenvalue weighted by Crippen LogP contribution is -2.48. The van der Waals surface area contributed by atoms with Crippen LogP contribution in [-0.4, -0.2) is 39.3 Å². The van der Waals surface area contributed by atoms with Crippen LogP contribution < -0.4 is 4.72 Å². The molecule has 2 rings (SSSR count). The third kappa shape index (κ3) is 4.13. The van der Waals surface area contributed by atoms with Crippen LogP contribution in [0.3, 0.4) is 0 Å². The van der Waals surface area contributed by atoms with E-state index in [4.69, 9.17) is 9.84 Å². The highest BCUT2D eigenvalue weighted by Gasteiger charge is 2.34. The number of carboxylic acids is 1. The van der Waals surface area contributed by atoms with Crippen LogP contribution in [0, 0.1) is 5.41 Å². The van der Waals surface area contributed by atoms with Crippen molar-refractivity contribution in [2.45, 2.75) is 11.8 Å². The van der Waals surface area contributed by atoms with Crippen molar-refractivity contribution in [3.63, 3.8) is 0 Å². The molecule has 0 radical (unpaired) electrons. The second-order valence-corrected chi connectivity index (χ2v) is 7.14. The molecule has 0 bridgehead atoms. The maximum atomic E-state index is 12.1. The molecule has 0 unspecified atom stereocenters. The van der Waals surface area contributed by atoms with Gasteiger partial charge in [0.05, 0.1) is 18.1 Å². The fraction of sp³-hybridized carbons (Fsp3) is 0.357. The first-order valence-electron chi connectivity index (χ1n) is 6.39. The Hall–Kier alpha value is -1.70. The molecule has 1 heterocycles. The summed E-state index contributed by atoms with van der Waals surface area (Å²) in [6.07, 6.45) is 2.40. The summed E-state index contributed by atoms with van der Waals surface area (Å²) in [6.45, 7) is 3.39. The smallest absolute Gasteiger partial charge is 0.328 e. The highest BCUT2D eigenvalue weighted by Crippen LogP contribution is 2.25. The van der Waals surface area contributed by atoms with Gasteiger partial charge >= 0.3 is 5.97 Å². The normalized spacial score (nSPS) is 17.6. The van der Waals surface area contributed by atoms with Crippen LogP contribution in [0.2, 0.25) is 0 Å². The van der Waals surface area contributed by atoms with E-state index in [2.05, 4.69) is 4.72 Å². The second kappa shape index (κ2) is 5.97. The fourth-order valence-electron chi connectivity index (χ4n) is 1.83. The van der Waals surface area contributed by atoms with Gasteiger partial charge in [0.25, 0.3) is 0 Å². The number of carbonyl (C=O) groups is 1. The summed E-state index contributed by atoms with van der Waals surface area (Å²) in [4.78, 5) is 10.6. The molecule has 7 heteroatoms. The van der Waals surface area contributed by atoms with E-state index in [1.54, 1.807) is 12.1 Å². The summed E-state index contributed by atoms with van der Waals surface area (Å²) in [5.41, 5.74) is 0.479. The van der Waals surface area contributed by atoms with Crippen LogP contribution in [0.15, 0.2) is 35.2 Å². The number of aliphatic carboxylic acids is 1. The molecular formula is C14H17NO5S. The Morgan fingerprint density at radius 1 is 1.38 bits per heavy atom. The average molecular weight is 311 g/mol. The molecule has 21 heavy (non-hydrogen) atoms. The van der Waals surface area contributed by atoms with Crippen molar-refractivity contribution in [1.82, 2.24) is 4.72 Å². The quantitative estimate of drug-likeness (QED) is 0.767. The minimum Gasteiger partial charge on any atom is -0.478 e. The van der Waals surface area contributed by atoms with Crippen molar-refractivity contribution in [1.29, 1.82) is 0 Å². The van der Waals surface area contributed by atoms with Gasteiger partial charge in [-0.3, -0.25) is 0 Å². The molecule has 2 N–H and O–H groups in total. The van der Waals surface area contributed by atoms with Crippen molar-refractivity contribution in [3.05, 3.63) is 35.9 Å². The maximum absolute atomic E-state index is 12.1. The third-order valence-corrected chi connectivity index (χ3v) is 4.62. The monoisotopic (exact) mass is 311 g/mol. The standard InChI is InChI=1S/C14H17NO5S/c1-14(9-20-10-14)8-15-21(18,19)12-5-2-11(3-6-12)4-7-13(16)17/h2-7,15H,8-10H2,1H3,(H,16,17)/b7-4+. The van der Waals surface area contributed by atoms with Crippen molar-refractivity contribution in [3.8, 4) is 0 Å². The minimum atomic E-state index is -3.56. The first-order valence-corrected chi connectivity index (χ1v) is 7.88. The first kappa shape index (κ1) is 15.7. The Balaban J connectivity index is 2.04. The molecule has 0 aromatic heterocycles. The fourth-order valence-corrected chi connectivity index (χ4v) is 3.03. The van der Waals surface area contributed by atoms with Crippen LogP contribution in [0.25, 0.3) is 6.08 Å². The highest BCUT2D eigenvalue weighted by atomic mass is 32.2. The molecule has 1 aliphatic rings. The molecule has 0 amide bonds. The Labute approximate surface area is 123 Å². The predicted octanol–water partition coefficient (Wildman–Crippen LogP) is 1.10. The van der Waals surface area contributed by atoms with Crippen LogP contribution in [0.5, 0.6) is 0 Å². The summed E-state index contributed by atoms with van der Waals surface area (Å²) in [5.74, 6) is -1.05. The molecule has 1 aromatic carbocycles. The molecule has 0 atom stereocenters. The van der Waals surface area contributed by atoms with E-state index >= 15 is 0 Å². The summed E-state index contributed by atoms with van der Waals surface area (Å²) >= 11 is 0. The van der Waals surface area contributed by atoms with Crippen LogP contribution in [-0.2, 0) is 19.6 Å². The zero-order chi connectivity index (χ0) is 15.5. The number of hydrogen-bond acceptors (Lipinski definition) is 4. The van der Waals surface area contributed by atoms with E-state index < -0.39 is 16.0 Å². The van der Waals surface area contributed by atoms with Crippen molar-refractivity contribution >= 4 is 22.1 Å². The number of benzene rings is 1. The average Bonchev–Trinajstić information content (AvgIpc) is 2.41. The largest absolute Gasteiger partial charge is 0.478 e. The van der Waals surface area contributed by atoms with Gasteiger partial charge in [0, 0.05) is 18.0 Å². The molecule has 6 nitrogen and oxygen atoms in total. The molecule has 114 valence electrons. The van der Waals surface area contributed by atoms with E-state index in [9.17, 15) is 13.2 Å². The molecule has 1 aromatic rings. The SMILES string of the molecule is CC1(CNS(=O)(=O)c2ccc(/C=C/C(=O)O)cc2)COC1. The molecule has 0 aliphatic carbocycles. The van der Waals surface area contributed by atoms with Gasteiger partial charge in [-0.15, -0.1) is 0 Å². The lowest BCUT2D eigenvalue weighted by molar-refractivity contribution is -0.131. The first-order chi connectivity index (χ1) is 9.81. The topological polar surface area (TPSA) is 92.7 Å². The van der Waals surface area contributed by atoms with E-state index in [1.807, 2.05) is 6.92 Å². The van der Waals surface area contributed by atoms with Gasteiger partial charge in [-0.2, -0.15) is 0 Å². The number of rotatable bonds is 6. The molecule has 1 saturated heterocycles. The van der Waals surface area contributed by atoms with Crippen molar-refractivity contribution in [2.75, 3.05) is 19.8 Å². The zero-order valence-corrected chi connectivity index (χ0v) is 12.4. The lowest BCUT2D eigenvalue weighted by atomic mass is 9.89. The Morgan fingerprint density at radius 2 is 2.00 bits per heavy atom. The minimum absolute atomic E-state index is 0.142. The van der Waals surface area contributed by atoms with E-state index in [-0.39, 0.29) is 10.3 Å². The molecule has 1 fully saturated rings. The van der Waals surface area contributed by atoms with Crippen LogP contribution in [0.1, 0.15) is 12.5 Å². The Kier molecular flexibility index (Phi) is 4.46. The van der Waals surface area contributed by atoms with Gasteiger partial charge < -0.3 is 9.84 Å². The number of carboxylic acid groups (broad SMARTS) is 1. The van der Waals surface area contributed by atoms with Gasteiger partial charge in [-0.05, 0) is 23.8 Å². The summed E-state index contributed by atoms with van der Waals surface area (Å²) in [7, 11) is -3.56. The Bertz CT molecular complexity index is 644. The number of sulfonamides is 1. The van der Waals surface area contributed by atoms with E-state index in [0.29, 0.717) is 25.3 Å². The summed E-state index contributed by atoms with van der Waals surface area (Å²) in [5, 5.41) is 8.53. The van der Waals surface area contributed by atoms with Crippen molar-refractivity contribution < 1.29 is 23.1 Å². The molecular weight excluding hydrogens is 294 g/mol. The van der Waals surface area contributed by atoms with Gasteiger partial charge in [0.15, 0.2) is 0 Å². The van der Waals surface area contributed by atoms with Gasteiger partial charge in [0.2, 0.25) is 10.0 Å². The molecule has 0 spiro atoms. The van der Waals surface area contributed by atoms with Gasteiger partial charge in [-0.1, -0.05) is 19.1 Å². The third-order valence-electron chi connectivity index (χ3n) is 3.20. The van der Waals surface area contributed by atoms with E-state index in [0.717, 1.165) is 6.08 Å². The maximum Gasteiger partial charge on any atom is 0.328 e. The lowest BCUT2D eigenvalue weighted by Gasteiger charge is -2.37. The summed E-state index contributed by atoms with van der Waals surface area (Å²) < 4.78 is 31.9. The predicted molar refractivity (Wildman–Crippen MR) is 77.2 cm³/mol. The number of nitrogens with one attached hydrogen (secondary N) is 1. The van der Waals surface area contributed by atoms with Gasteiger partial charge in [0.1, 0.15) is 0 Å². The second-order valence-electron chi connectivity index (χ2n) is 5.37. The molecule has 1 aliphatic heterocycles. The van der Waals surface area contributed by atoms with E-state index in [1.165, 1.54) is 18.2 Å². The number of ether oxygens (including phenoxy) is 1. The summed E-state index contributed by atoms with van der Waals surface area (Å²) in [6, 6.07) is 6.01. The van der Waals surface area contributed by atoms with Crippen LogP contribution >= 0.6 is 0 Å². The Morgan fingerprint density at radius 3 is 2.48 bits per heavy atom. The zero-order valence-electron chi connectivity index (χ0n) is 11.6. The van der Waals surface area contributed by atoms with Crippen molar-refractivity contribution in [2.24, 2.45) is 5.41 Å². The number of hydrogen-bond donors (Lipinski definition) is 2. The highest BCUT2D eigenvalue weighted by molar-refractivity contribution is 7.89.